The first kappa shape index (κ1) is 20.7. The molecule has 1 unspecified atom stereocenters. The van der Waals surface area contributed by atoms with E-state index in [1.165, 1.54) is 0 Å². The molecule has 1 atom stereocenters. The molecule has 5 heteroatoms. The summed E-state index contributed by atoms with van der Waals surface area (Å²) in [7, 11) is -7.12. The highest BCUT2D eigenvalue weighted by Gasteiger charge is 2.50. The monoisotopic (exact) mass is 432 g/mol. The average molecular weight is 432 g/mol. The van der Waals surface area contributed by atoms with Gasteiger partial charge in [0, 0.05) is 6.16 Å². The molecule has 30 heavy (non-hydrogen) atoms. The van der Waals surface area contributed by atoms with Crippen LogP contribution in [0.25, 0.3) is 0 Å². The van der Waals surface area contributed by atoms with Crippen LogP contribution in [0, 0.1) is 0 Å². The SMILES string of the molecule is O=P([O-])(Cc1ccccc1)O[P+](c1ccccc1)(c1ccccc1)c1ccccc1. The van der Waals surface area contributed by atoms with Gasteiger partial charge in [0.1, 0.15) is 15.9 Å². The van der Waals surface area contributed by atoms with Gasteiger partial charge in [-0.05, 0) is 42.0 Å². The van der Waals surface area contributed by atoms with E-state index >= 15 is 0 Å². The fraction of sp³-hybridized carbons (Fsp3) is 0.0400. The minimum atomic E-state index is -4.23. The van der Waals surface area contributed by atoms with Crippen molar-refractivity contribution in [2.45, 2.75) is 6.16 Å². The molecule has 3 nitrogen and oxygen atoms in total. The van der Waals surface area contributed by atoms with Crippen molar-refractivity contribution in [3.8, 4) is 0 Å². The van der Waals surface area contributed by atoms with E-state index in [1.807, 2.05) is 121 Å². The lowest BCUT2D eigenvalue weighted by Gasteiger charge is -2.32. The molecular weight excluding hydrogens is 410 g/mol. The van der Waals surface area contributed by atoms with Crippen LogP contribution in [0.2, 0.25) is 0 Å². The third-order valence-electron chi connectivity index (χ3n) is 4.83. The molecule has 0 saturated heterocycles. The van der Waals surface area contributed by atoms with Gasteiger partial charge in [0.05, 0.1) is 0 Å². The molecule has 0 spiro atoms. The topological polar surface area (TPSA) is 49.4 Å². The van der Waals surface area contributed by atoms with Crippen molar-refractivity contribution in [1.82, 2.24) is 0 Å². The Morgan fingerprint density at radius 1 is 0.600 bits per heavy atom. The van der Waals surface area contributed by atoms with Gasteiger partial charge in [-0.2, -0.15) is 4.31 Å². The Morgan fingerprint density at radius 2 is 0.933 bits per heavy atom. The van der Waals surface area contributed by atoms with Gasteiger partial charge in [0.2, 0.25) is 7.49 Å². The summed E-state index contributed by atoms with van der Waals surface area (Å²) in [5.41, 5.74) is 0.711. The van der Waals surface area contributed by atoms with E-state index < -0.39 is 15.1 Å². The van der Waals surface area contributed by atoms with Crippen molar-refractivity contribution in [3.63, 3.8) is 0 Å². The first-order valence-corrected chi connectivity index (χ1v) is 13.1. The van der Waals surface area contributed by atoms with Crippen molar-refractivity contribution in [2.75, 3.05) is 0 Å². The highest BCUT2D eigenvalue weighted by Crippen LogP contribution is 2.66. The molecule has 0 heterocycles. The van der Waals surface area contributed by atoms with Crippen molar-refractivity contribution < 1.29 is 13.8 Å². The third kappa shape index (κ3) is 4.46. The smallest absolute Gasteiger partial charge is 0.249 e. The van der Waals surface area contributed by atoms with Crippen molar-refractivity contribution >= 4 is 31.0 Å². The second-order valence-corrected chi connectivity index (χ2v) is 11.9. The van der Waals surface area contributed by atoms with Gasteiger partial charge in [-0.25, -0.2) is 0 Å². The van der Waals surface area contributed by atoms with E-state index in [9.17, 15) is 9.46 Å². The predicted molar refractivity (Wildman–Crippen MR) is 124 cm³/mol. The molecule has 150 valence electrons. The van der Waals surface area contributed by atoms with Crippen LogP contribution in [-0.4, -0.2) is 0 Å². The minimum absolute atomic E-state index is 0.151. The molecule has 4 aromatic rings. The van der Waals surface area contributed by atoms with E-state index in [1.54, 1.807) is 0 Å². The average Bonchev–Trinajstić information content (AvgIpc) is 2.80. The van der Waals surface area contributed by atoms with E-state index in [2.05, 4.69) is 0 Å². The molecule has 0 N–H and O–H groups in total. The summed E-state index contributed by atoms with van der Waals surface area (Å²) in [5, 5.41) is 2.60. The lowest BCUT2D eigenvalue weighted by molar-refractivity contribution is -0.191. The van der Waals surface area contributed by atoms with E-state index in [0.717, 1.165) is 15.9 Å². The maximum absolute atomic E-state index is 13.4. The molecule has 0 aliphatic rings. The quantitative estimate of drug-likeness (QED) is 0.399. The molecule has 0 saturated carbocycles. The lowest BCUT2D eigenvalue weighted by Crippen LogP contribution is -2.33. The Labute approximate surface area is 178 Å². The fourth-order valence-corrected chi connectivity index (χ4v) is 9.71. The van der Waals surface area contributed by atoms with Crippen LogP contribution in [-0.2, 0) is 15.0 Å². The van der Waals surface area contributed by atoms with Gasteiger partial charge in [-0.15, -0.1) is 0 Å². The second kappa shape index (κ2) is 9.08. The van der Waals surface area contributed by atoms with Gasteiger partial charge in [-0.1, -0.05) is 84.9 Å². The van der Waals surface area contributed by atoms with Crippen LogP contribution in [0.5, 0.6) is 0 Å². The molecule has 0 fully saturated rings. The second-order valence-electron chi connectivity index (χ2n) is 6.95. The summed E-state index contributed by atoms with van der Waals surface area (Å²) < 4.78 is 19.7. The maximum atomic E-state index is 13.4. The lowest BCUT2D eigenvalue weighted by atomic mass is 10.2. The summed E-state index contributed by atoms with van der Waals surface area (Å²) in [5.74, 6) is 0. The zero-order valence-electron chi connectivity index (χ0n) is 16.4. The summed E-state index contributed by atoms with van der Waals surface area (Å²) in [6, 6.07) is 38.2. The summed E-state index contributed by atoms with van der Waals surface area (Å²) >= 11 is 0. The van der Waals surface area contributed by atoms with Crippen LogP contribution >= 0.6 is 15.1 Å². The van der Waals surface area contributed by atoms with Crippen LogP contribution in [0.3, 0.4) is 0 Å². The Kier molecular flexibility index (Phi) is 6.27. The van der Waals surface area contributed by atoms with Crippen LogP contribution in [0.1, 0.15) is 5.56 Å². The molecule has 0 amide bonds. The van der Waals surface area contributed by atoms with Crippen molar-refractivity contribution in [1.29, 1.82) is 0 Å². The zero-order valence-corrected chi connectivity index (χ0v) is 18.2. The maximum Gasteiger partial charge on any atom is 0.249 e. The highest BCUT2D eigenvalue weighted by atomic mass is 31.3. The van der Waals surface area contributed by atoms with Crippen LogP contribution < -0.4 is 20.8 Å². The highest BCUT2D eigenvalue weighted by molar-refractivity contribution is 7.95. The van der Waals surface area contributed by atoms with E-state index in [4.69, 9.17) is 4.31 Å². The molecule has 0 bridgehead atoms. The largest absolute Gasteiger partial charge is 0.775 e. The van der Waals surface area contributed by atoms with Crippen LogP contribution in [0.4, 0.5) is 0 Å². The third-order valence-corrected chi connectivity index (χ3v) is 10.6. The zero-order chi connectivity index (χ0) is 20.9. The Bertz CT molecular complexity index is 1020. The molecular formula is C25H22O3P2. The first-order chi connectivity index (χ1) is 14.6. The van der Waals surface area contributed by atoms with Gasteiger partial charge >= 0.3 is 0 Å². The molecule has 0 aromatic heterocycles. The van der Waals surface area contributed by atoms with Gasteiger partial charge in [0.15, 0.2) is 7.60 Å². The molecule has 4 aromatic carbocycles. The predicted octanol–water partition coefficient (Wildman–Crippen LogP) is 4.67. The van der Waals surface area contributed by atoms with Gasteiger partial charge in [-0.3, -0.25) is 0 Å². The van der Waals surface area contributed by atoms with Crippen molar-refractivity contribution in [3.05, 3.63) is 127 Å². The van der Waals surface area contributed by atoms with E-state index in [-0.39, 0.29) is 6.16 Å². The van der Waals surface area contributed by atoms with Crippen LogP contribution in [0.15, 0.2) is 121 Å². The summed E-state index contributed by atoms with van der Waals surface area (Å²) in [6.45, 7) is 0. The summed E-state index contributed by atoms with van der Waals surface area (Å²) in [4.78, 5) is 13.4. The first-order valence-electron chi connectivity index (χ1n) is 9.71. The number of benzene rings is 4. The standard InChI is InChI=1S/C25H22O3P2/c26-29(27,21-22-13-5-1-6-14-22)28-30(23-15-7-2-8-16-23,24-17-9-3-10-18-24)25-19-11-4-12-20-25/h1-20H,21H2. The number of hydrogen-bond acceptors (Lipinski definition) is 3. The summed E-state index contributed by atoms with van der Waals surface area (Å²) in [6.07, 6.45) is -0.151. The molecule has 0 radical (unpaired) electrons. The fourth-order valence-electron chi connectivity index (χ4n) is 3.52. The van der Waals surface area contributed by atoms with Gasteiger partial charge in [0.25, 0.3) is 0 Å². The Balaban J connectivity index is 1.90. The molecule has 4 rings (SSSR count). The van der Waals surface area contributed by atoms with E-state index in [0.29, 0.717) is 5.56 Å². The Morgan fingerprint density at radius 3 is 1.30 bits per heavy atom. The number of hydrogen-bond donors (Lipinski definition) is 0. The number of rotatable bonds is 7. The normalized spacial score (nSPS) is 13.5. The molecule has 0 aliphatic heterocycles. The Hall–Kier alpha value is -2.54. The minimum Gasteiger partial charge on any atom is -0.775 e. The molecule has 0 aliphatic carbocycles. The van der Waals surface area contributed by atoms with Crippen molar-refractivity contribution in [2.24, 2.45) is 0 Å². The van der Waals surface area contributed by atoms with Gasteiger partial charge < -0.3 is 9.46 Å².